The Morgan fingerprint density at radius 1 is 1.32 bits per heavy atom. The molecule has 1 heterocycles. The number of rotatable bonds is 5. The molecule has 0 bridgehead atoms. The van der Waals surface area contributed by atoms with Gasteiger partial charge >= 0.3 is 0 Å². The van der Waals surface area contributed by atoms with Gasteiger partial charge in [0.15, 0.2) is 0 Å². The SMILES string of the molecule is CCNCc1ccncc1Oc1ccc(F)c(C)c1. The number of hydrogen-bond donors (Lipinski definition) is 1. The number of hydrogen-bond acceptors (Lipinski definition) is 3. The second-order valence-corrected chi connectivity index (χ2v) is 4.28. The summed E-state index contributed by atoms with van der Waals surface area (Å²) in [7, 11) is 0. The van der Waals surface area contributed by atoms with E-state index >= 15 is 0 Å². The molecule has 0 saturated heterocycles. The number of ether oxygens (including phenoxy) is 1. The highest BCUT2D eigenvalue weighted by molar-refractivity contribution is 5.37. The molecule has 0 radical (unpaired) electrons. The third-order valence-corrected chi connectivity index (χ3v) is 2.79. The highest BCUT2D eigenvalue weighted by Crippen LogP contribution is 2.25. The fourth-order valence-electron chi connectivity index (χ4n) is 1.71. The Morgan fingerprint density at radius 2 is 2.16 bits per heavy atom. The number of halogens is 1. The van der Waals surface area contributed by atoms with E-state index in [9.17, 15) is 4.39 Å². The quantitative estimate of drug-likeness (QED) is 0.894. The number of aromatic nitrogens is 1. The van der Waals surface area contributed by atoms with Gasteiger partial charge in [0.05, 0.1) is 6.20 Å². The van der Waals surface area contributed by atoms with Crippen molar-refractivity contribution in [3.63, 3.8) is 0 Å². The molecule has 100 valence electrons. The van der Waals surface area contributed by atoms with Gasteiger partial charge in [-0.05, 0) is 43.3 Å². The summed E-state index contributed by atoms with van der Waals surface area (Å²) in [6.45, 7) is 5.36. The van der Waals surface area contributed by atoms with Gasteiger partial charge in [-0.25, -0.2) is 4.39 Å². The number of nitrogens with zero attached hydrogens (tertiary/aromatic N) is 1. The van der Waals surface area contributed by atoms with Crippen molar-refractivity contribution in [1.82, 2.24) is 10.3 Å². The topological polar surface area (TPSA) is 34.2 Å². The molecular weight excluding hydrogens is 243 g/mol. The summed E-state index contributed by atoms with van der Waals surface area (Å²) in [5.41, 5.74) is 1.59. The van der Waals surface area contributed by atoms with Crippen LogP contribution >= 0.6 is 0 Å². The number of aryl methyl sites for hydroxylation is 1. The number of benzene rings is 1. The van der Waals surface area contributed by atoms with Gasteiger partial charge in [-0.2, -0.15) is 0 Å². The third kappa shape index (κ3) is 3.51. The first-order chi connectivity index (χ1) is 9.20. The van der Waals surface area contributed by atoms with Crippen LogP contribution in [-0.4, -0.2) is 11.5 Å². The molecule has 0 aliphatic carbocycles. The Bertz CT molecular complexity index is 558. The number of nitrogens with one attached hydrogen (secondary N) is 1. The maximum Gasteiger partial charge on any atom is 0.150 e. The first-order valence-corrected chi connectivity index (χ1v) is 6.28. The van der Waals surface area contributed by atoms with E-state index in [2.05, 4.69) is 10.3 Å². The normalized spacial score (nSPS) is 10.5. The molecule has 0 atom stereocenters. The van der Waals surface area contributed by atoms with Crippen LogP contribution in [0.1, 0.15) is 18.1 Å². The Labute approximate surface area is 112 Å². The van der Waals surface area contributed by atoms with Gasteiger partial charge in [0.1, 0.15) is 17.3 Å². The third-order valence-electron chi connectivity index (χ3n) is 2.79. The van der Waals surface area contributed by atoms with Gasteiger partial charge in [0.25, 0.3) is 0 Å². The van der Waals surface area contributed by atoms with Crippen molar-refractivity contribution in [2.45, 2.75) is 20.4 Å². The van der Waals surface area contributed by atoms with E-state index in [1.807, 2.05) is 13.0 Å². The van der Waals surface area contributed by atoms with Crippen LogP contribution in [0.15, 0.2) is 36.7 Å². The van der Waals surface area contributed by atoms with Gasteiger partial charge in [-0.3, -0.25) is 4.98 Å². The van der Waals surface area contributed by atoms with E-state index < -0.39 is 0 Å². The van der Waals surface area contributed by atoms with Gasteiger partial charge in [-0.1, -0.05) is 6.92 Å². The van der Waals surface area contributed by atoms with E-state index in [0.29, 0.717) is 23.6 Å². The Kier molecular flexibility index (Phi) is 4.47. The van der Waals surface area contributed by atoms with E-state index in [1.165, 1.54) is 6.07 Å². The molecular formula is C15H17FN2O. The molecule has 0 spiro atoms. The van der Waals surface area contributed by atoms with Crippen molar-refractivity contribution in [3.05, 3.63) is 53.6 Å². The molecule has 3 nitrogen and oxygen atoms in total. The molecule has 4 heteroatoms. The van der Waals surface area contributed by atoms with E-state index in [4.69, 9.17) is 4.74 Å². The molecule has 0 aliphatic heterocycles. The van der Waals surface area contributed by atoms with Crippen molar-refractivity contribution in [3.8, 4) is 11.5 Å². The zero-order valence-corrected chi connectivity index (χ0v) is 11.1. The second kappa shape index (κ2) is 6.29. The van der Waals surface area contributed by atoms with E-state index in [-0.39, 0.29) is 5.82 Å². The first-order valence-electron chi connectivity index (χ1n) is 6.28. The Balaban J connectivity index is 2.20. The molecule has 1 aromatic heterocycles. The highest BCUT2D eigenvalue weighted by Gasteiger charge is 2.06. The molecule has 2 aromatic rings. The molecule has 19 heavy (non-hydrogen) atoms. The Hall–Kier alpha value is -1.94. The average Bonchev–Trinajstić information content (AvgIpc) is 2.42. The zero-order chi connectivity index (χ0) is 13.7. The van der Waals surface area contributed by atoms with Gasteiger partial charge < -0.3 is 10.1 Å². The summed E-state index contributed by atoms with van der Waals surface area (Å²) in [6, 6.07) is 6.62. The summed E-state index contributed by atoms with van der Waals surface area (Å²) in [6.07, 6.45) is 3.40. The van der Waals surface area contributed by atoms with Crippen molar-refractivity contribution in [2.75, 3.05) is 6.54 Å². The van der Waals surface area contributed by atoms with E-state index in [0.717, 1.165) is 12.1 Å². The lowest BCUT2D eigenvalue weighted by atomic mass is 10.2. The van der Waals surface area contributed by atoms with Crippen LogP contribution in [0.5, 0.6) is 11.5 Å². The lowest BCUT2D eigenvalue weighted by Gasteiger charge is -2.11. The highest BCUT2D eigenvalue weighted by atomic mass is 19.1. The molecule has 1 aromatic carbocycles. The molecule has 0 saturated carbocycles. The lowest BCUT2D eigenvalue weighted by Crippen LogP contribution is -2.12. The Morgan fingerprint density at radius 3 is 2.89 bits per heavy atom. The standard InChI is InChI=1S/C15H17FN2O/c1-3-17-9-12-6-7-18-10-15(12)19-13-4-5-14(16)11(2)8-13/h4-8,10,17H,3,9H2,1-2H3. The van der Waals surface area contributed by atoms with Crippen LogP contribution in [0.3, 0.4) is 0 Å². The second-order valence-electron chi connectivity index (χ2n) is 4.28. The van der Waals surface area contributed by atoms with Gasteiger partial charge in [0.2, 0.25) is 0 Å². The summed E-state index contributed by atoms with van der Waals surface area (Å²) in [5.74, 6) is 1.07. The van der Waals surface area contributed by atoms with Crippen molar-refractivity contribution in [1.29, 1.82) is 0 Å². The molecule has 0 fully saturated rings. The molecule has 0 aliphatic rings. The fraction of sp³-hybridized carbons (Fsp3) is 0.267. The van der Waals surface area contributed by atoms with Gasteiger partial charge in [-0.15, -0.1) is 0 Å². The largest absolute Gasteiger partial charge is 0.455 e. The minimum absolute atomic E-state index is 0.230. The summed E-state index contributed by atoms with van der Waals surface area (Å²) >= 11 is 0. The summed E-state index contributed by atoms with van der Waals surface area (Å²) in [4.78, 5) is 4.06. The molecule has 1 N–H and O–H groups in total. The van der Waals surface area contributed by atoms with Crippen molar-refractivity contribution < 1.29 is 9.13 Å². The van der Waals surface area contributed by atoms with Crippen molar-refractivity contribution >= 4 is 0 Å². The predicted octanol–water partition coefficient (Wildman–Crippen LogP) is 3.43. The number of pyridine rings is 1. The van der Waals surface area contributed by atoms with Crippen LogP contribution in [-0.2, 0) is 6.54 Å². The fourth-order valence-corrected chi connectivity index (χ4v) is 1.71. The summed E-state index contributed by atoms with van der Waals surface area (Å²) in [5, 5.41) is 3.24. The lowest BCUT2D eigenvalue weighted by molar-refractivity contribution is 0.468. The zero-order valence-electron chi connectivity index (χ0n) is 11.1. The smallest absolute Gasteiger partial charge is 0.150 e. The van der Waals surface area contributed by atoms with Crippen LogP contribution in [0, 0.1) is 12.7 Å². The van der Waals surface area contributed by atoms with Crippen LogP contribution in [0.25, 0.3) is 0 Å². The van der Waals surface area contributed by atoms with Crippen molar-refractivity contribution in [2.24, 2.45) is 0 Å². The monoisotopic (exact) mass is 260 g/mol. The molecule has 2 rings (SSSR count). The maximum atomic E-state index is 13.2. The molecule has 0 amide bonds. The average molecular weight is 260 g/mol. The minimum Gasteiger partial charge on any atom is -0.455 e. The molecule has 0 unspecified atom stereocenters. The maximum absolute atomic E-state index is 13.2. The summed E-state index contributed by atoms with van der Waals surface area (Å²) < 4.78 is 19.0. The first kappa shape index (κ1) is 13.5. The van der Waals surface area contributed by atoms with Gasteiger partial charge in [0, 0.05) is 18.3 Å². The van der Waals surface area contributed by atoms with Crippen LogP contribution in [0.2, 0.25) is 0 Å². The van der Waals surface area contributed by atoms with E-state index in [1.54, 1.807) is 31.5 Å². The minimum atomic E-state index is -0.230. The predicted molar refractivity (Wildman–Crippen MR) is 72.8 cm³/mol. The van der Waals surface area contributed by atoms with Crippen LogP contribution < -0.4 is 10.1 Å². The van der Waals surface area contributed by atoms with Crippen LogP contribution in [0.4, 0.5) is 4.39 Å².